The first-order valence-corrected chi connectivity index (χ1v) is 13.8. The molecule has 13 nitrogen and oxygen atoms in total. The number of primary amides is 1. The molecule has 0 saturated heterocycles. The Morgan fingerprint density at radius 1 is 1.14 bits per heavy atom. The number of hydrogen-bond acceptors (Lipinski definition) is 11. The number of Topliss-reactive ketones (excluding diaryl/α,β-unsaturated/α-hetero) is 4. The molecule has 0 spiro atoms. The average molecular weight is 606 g/mol. The summed E-state index contributed by atoms with van der Waals surface area (Å²) in [5, 5.41) is 34.7. The number of phenolic OH excluding ortho intramolecular Hbond substituents is 1. The average Bonchev–Trinajstić information content (AvgIpc) is 3.21. The van der Waals surface area contributed by atoms with Crippen molar-refractivity contribution in [2.24, 2.45) is 29.4 Å². The van der Waals surface area contributed by atoms with Gasteiger partial charge in [-0.25, -0.2) is 0 Å². The van der Waals surface area contributed by atoms with Gasteiger partial charge in [0.15, 0.2) is 34.7 Å². The molecule has 13 heteroatoms. The van der Waals surface area contributed by atoms with Gasteiger partial charge in [0.05, 0.1) is 36.1 Å². The first-order chi connectivity index (χ1) is 20.6. The smallest absolute Gasteiger partial charge is 0.261 e. The second-order valence-electron chi connectivity index (χ2n) is 11.8. The number of amides is 3. The van der Waals surface area contributed by atoms with Crippen molar-refractivity contribution in [1.82, 2.24) is 9.80 Å². The van der Waals surface area contributed by atoms with Crippen molar-refractivity contribution in [2.45, 2.75) is 37.1 Å². The zero-order valence-electron chi connectivity index (χ0n) is 24.1. The van der Waals surface area contributed by atoms with Gasteiger partial charge in [-0.1, -0.05) is 37.8 Å². The number of aliphatic hydroxyl groups excluding tert-OH is 1. The van der Waals surface area contributed by atoms with Crippen LogP contribution in [0.15, 0.2) is 48.6 Å². The standard InChI is InChI=1S/C31H31N3O10/c1-5-6-7-13-10-16(35)34(30(13)43)11-14-8-9-15-12(2)17-19(24(37)18(15)23(14)36)27(40)31(44)21(25(17)38)22(33(3)4)26(39)20(28(31)41)29(32)42/h5-10,12,17,19-22,25,36,38,44H,1,11H2,2-4H3,(H2,32,42)/t12-,17+,19?,20?,21+,22-,25-,31-/m0/s1. The predicted molar refractivity (Wildman–Crippen MR) is 150 cm³/mol. The van der Waals surface area contributed by atoms with Gasteiger partial charge in [0.25, 0.3) is 11.8 Å². The Hall–Kier alpha value is -4.59. The van der Waals surface area contributed by atoms with E-state index in [2.05, 4.69) is 6.58 Å². The molecule has 1 aromatic carbocycles. The van der Waals surface area contributed by atoms with Gasteiger partial charge in [0, 0.05) is 23.1 Å². The fourth-order valence-electron chi connectivity index (χ4n) is 7.30. The Balaban J connectivity index is 1.58. The number of benzene rings is 1. The molecule has 0 bridgehead atoms. The highest BCUT2D eigenvalue weighted by atomic mass is 16.3. The number of carbonyl (C=O) groups is 7. The van der Waals surface area contributed by atoms with Gasteiger partial charge in [-0.2, -0.15) is 0 Å². The van der Waals surface area contributed by atoms with Crippen LogP contribution in [0.4, 0.5) is 0 Å². The van der Waals surface area contributed by atoms with Crippen LogP contribution in [-0.2, 0) is 35.3 Å². The number of aliphatic hydroxyl groups is 2. The second-order valence-corrected chi connectivity index (χ2v) is 11.8. The first-order valence-electron chi connectivity index (χ1n) is 13.8. The van der Waals surface area contributed by atoms with Gasteiger partial charge in [0.2, 0.25) is 5.91 Å². The molecule has 2 saturated carbocycles. The second kappa shape index (κ2) is 10.5. The Labute approximate surface area is 251 Å². The van der Waals surface area contributed by atoms with E-state index in [0.29, 0.717) is 0 Å². The summed E-state index contributed by atoms with van der Waals surface area (Å²) in [6, 6.07) is 1.42. The molecule has 0 radical (unpaired) electrons. The van der Waals surface area contributed by atoms with Crippen LogP contribution < -0.4 is 5.73 Å². The largest absolute Gasteiger partial charge is 0.507 e. The molecular weight excluding hydrogens is 574 g/mol. The normalized spacial score (nSPS) is 33.5. The fourth-order valence-corrected chi connectivity index (χ4v) is 7.30. The number of fused-ring (bicyclic) bond motifs is 3. The molecule has 2 unspecified atom stereocenters. The first kappa shape index (κ1) is 30.9. The lowest BCUT2D eigenvalue weighted by Crippen LogP contribution is -2.77. The van der Waals surface area contributed by atoms with Gasteiger partial charge < -0.3 is 21.1 Å². The molecule has 230 valence electrons. The van der Waals surface area contributed by atoms with Crippen LogP contribution in [0.1, 0.15) is 34.3 Å². The predicted octanol–water partition coefficient (Wildman–Crippen LogP) is -1.06. The third-order valence-electron chi connectivity index (χ3n) is 9.35. The van der Waals surface area contributed by atoms with E-state index in [-0.39, 0.29) is 22.3 Å². The molecule has 3 amide bonds. The monoisotopic (exact) mass is 605 g/mol. The lowest BCUT2D eigenvalue weighted by Gasteiger charge is -2.56. The molecular formula is C31H31N3O10. The Morgan fingerprint density at radius 2 is 1.80 bits per heavy atom. The Morgan fingerprint density at radius 3 is 2.39 bits per heavy atom. The van der Waals surface area contributed by atoms with E-state index < -0.39 is 100 Å². The number of rotatable bonds is 6. The van der Waals surface area contributed by atoms with E-state index in [1.807, 2.05) is 0 Å². The van der Waals surface area contributed by atoms with Crippen LogP contribution in [0.3, 0.4) is 0 Å². The molecule has 44 heavy (non-hydrogen) atoms. The quantitative estimate of drug-likeness (QED) is 0.174. The number of ketones is 4. The van der Waals surface area contributed by atoms with E-state index in [1.165, 1.54) is 49.4 Å². The molecule has 1 aromatic rings. The molecule has 1 heterocycles. The molecule has 4 aliphatic rings. The zero-order chi connectivity index (χ0) is 32.6. The summed E-state index contributed by atoms with van der Waals surface area (Å²) in [5.74, 6) is -15.9. The minimum atomic E-state index is -3.11. The molecule has 0 aromatic heterocycles. The maximum Gasteiger partial charge on any atom is 0.261 e. The van der Waals surface area contributed by atoms with Crippen LogP contribution in [-0.4, -0.2) is 97.8 Å². The van der Waals surface area contributed by atoms with Crippen LogP contribution >= 0.6 is 0 Å². The van der Waals surface area contributed by atoms with Crippen LogP contribution in [0, 0.1) is 23.7 Å². The van der Waals surface area contributed by atoms with Crippen LogP contribution in [0.25, 0.3) is 0 Å². The van der Waals surface area contributed by atoms with Gasteiger partial charge in [0.1, 0.15) is 5.75 Å². The van der Waals surface area contributed by atoms with Crippen molar-refractivity contribution in [3.63, 3.8) is 0 Å². The minimum Gasteiger partial charge on any atom is -0.507 e. The van der Waals surface area contributed by atoms with E-state index in [9.17, 15) is 48.9 Å². The highest BCUT2D eigenvalue weighted by molar-refractivity contribution is 6.32. The summed E-state index contributed by atoms with van der Waals surface area (Å²) in [7, 11) is 2.82. The maximum atomic E-state index is 14.1. The van der Waals surface area contributed by atoms with Gasteiger partial charge in [-0.05, 0) is 31.7 Å². The van der Waals surface area contributed by atoms with Crippen molar-refractivity contribution < 1.29 is 48.9 Å². The summed E-state index contributed by atoms with van der Waals surface area (Å²) in [4.78, 5) is 94.5. The summed E-state index contributed by atoms with van der Waals surface area (Å²) < 4.78 is 0. The highest BCUT2D eigenvalue weighted by Crippen LogP contribution is 2.54. The molecule has 8 atom stereocenters. The summed E-state index contributed by atoms with van der Waals surface area (Å²) in [6.07, 6.45) is 3.65. The number of nitrogens with zero attached hydrogens (tertiary/aromatic N) is 2. The Bertz CT molecular complexity index is 1640. The van der Waals surface area contributed by atoms with E-state index in [0.717, 1.165) is 11.0 Å². The number of likely N-dealkylation sites (N-methyl/N-ethyl adjacent to an activating group) is 1. The van der Waals surface area contributed by atoms with Crippen molar-refractivity contribution in [3.8, 4) is 5.75 Å². The maximum absolute atomic E-state index is 14.1. The van der Waals surface area contributed by atoms with Crippen molar-refractivity contribution in [2.75, 3.05) is 14.1 Å². The number of imide groups is 1. The van der Waals surface area contributed by atoms with Crippen molar-refractivity contribution in [3.05, 3.63) is 65.3 Å². The summed E-state index contributed by atoms with van der Waals surface area (Å²) >= 11 is 0. The topological polar surface area (TPSA) is 213 Å². The SMILES string of the molecule is C=CC=CC1=CC(=O)N(Cc2ccc3c(c2O)C(=O)C2C(=O)[C@]4(O)C(=O)C(C(N)=O)C(=O)[C@@H](N(C)C)[C@@H]4[C@@H](O)[C@@H]2[C@H]3C)C1=O. The lowest BCUT2D eigenvalue weighted by molar-refractivity contribution is -0.196. The summed E-state index contributed by atoms with van der Waals surface area (Å²) in [6.45, 7) is 4.68. The molecule has 2 fully saturated rings. The van der Waals surface area contributed by atoms with Gasteiger partial charge in [-0.3, -0.25) is 43.4 Å². The number of aromatic hydroxyl groups is 1. The van der Waals surface area contributed by atoms with Crippen molar-refractivity contribution >= 4 is 40.9 Å². The fraction of sp³-hybridized carbons (Fsp3) is 0.387. The number of nitrogens with two attached hydrogens (primary N) is 1. The Kier molecular flexibility index (Phi) is 7.39. The third-order valence-corrected chi connectivity index (χ3v) is 9.35. The van der Waals surface area contributed by atoms with Crippen LogP contribution in [0.2, 0.25) is 0 Å². The summed E-state index contributed by atoms with van der Waals surface area (Å²) in [5.41, 5.74) is 2.22. The third kappa shape index (κ3) is 4.07. The van der Waals surface area contributed by atoms with Gasteiger partial charge >= 0.3 is 0 Å². The van der Waals surface area contributed by atoms with E-state index in [1.54, 1.807) is 6.92 Å². The molecule has 3 aliphatic carbocycles. The van der Waals surface area contributed by atoms with Crippen molar-refractivity contribution in [1.29, 1.82) is 0 Å². The number of phenols is 1. The lowest BCUT2D eigenvalue weighted by atomic mass is 9.49. The number of allylic oxidation sites excluding steroid dienone is 2. The zero-order valence-corrected chi connectivity index (χ0v) is 24.1. The number of carbonyl (C=O) groups excluding carboxylic acids is 7. The van der Waals surface area contributed by atoms with Gasteiger partial charge in [-0.15, -0.1) is 0 Å². The molecule has 5 rings (SSSR count). The van der Waals surface area contributed by atoms with E-state index >= 15 is 0 Å². The highest BCUT2D eigenvalue weighted by Gasteiger charge is 2.72. The van der Waals surface area contributed by atoms with Crippen LogP contribution in [0.5, 0.6) is 5.75 Å². The number of hydrogen-bond donors (Lipinski definition) is 4. The van der Waals surface area contributed by atoms with E-state index in [4.69, 9.17) is 5.73 Å². The minimum absolute atomic E-state index is 0.00741. The molecule has 1 aliphatic heterocycles. The molecule has 5 N–H and O–H groups in total.